The number of thioether (sulfide) groups is 1. The lowest BCUT2D eigenvalue weighted by Crippen LogP contribution is -2.64. The molecule has 4 atom stereocenters. The van der Waals surface area contributed by atoms with Crippen molar-refractivity contribution in [1.82, 2.24) is 16.0 Å². The summed E-state index contributed by atoms with van der Waals surface area (Å²) in [6, 6.07) is 7.48. The van der Waals surface area contributed by atoms with Gasteiger partial charge in [-0.05, 0) is 44.4 Å². The Labute approximate surface area is 230 Å². The van der Waals surface area contributed by atoms with Crippen LogP contribution in [-0.4, -0.2) is 72.1 Å². The predicted octanol–water partition coefficient (Wildman–Crippen LogP) is 3.41. The van der Waals surface area contributed by atoms with Crippen molar-refractivity contribution in [3.63, 3.8) is 0 Å². The topological polar surface area (TPSA) is 115 Å². The SMILES string of the molecule is CC[C@@H](C)[C@@H](NC(=O)OC(C)(C)C)C(=O)N[C@@H](Cc1ccccc1)C(=O)N[C@@H]1CSCCC12OCCCO2. The number of amides is 3. The third kappa shape index (κ3) is 8.61. The lowest BCUT2D eigenvalue weighted by atomic mass is 9.97. The number of carbonyl (C=O) groups is 3. The fraction of sp³-hybridized carbons (Fsp3) is 0.679. The Bertz CT molecular complexity index is 924. The highest BCUT2D eigenvalue weighted by Crippen LogP contribution is 2.34. The summed E-state index contributed by atoms with van der Waals surface area (Å²) in [5.74, 6) is -0.203. The first-order chi connectivity index (χ1) is 18.0. The maximum Gasteiger partial charge on any atom is 0.408 e. The molecule has 10 heteroatoms. The molecule has 3 rings (SSSR count). The van der Waals surface area contributed by atoms with Gasteiger partial charge in [0.1, 0.15) is 17.7 Å². The van der Waals surface area contributed by atoms with Crippen LogP contribution in [0, 0.1) is 5.92 Å². The van der Waals surface area contributed by atoms with Crippen LogP contribution in [0.5, 0.6) is 0 Å². The number of rotatable bonds is 9. The molecule has 9 nitrogen and oxygen atoms in total. The maximum absolute atomic E-state index is 13.7. The number of ether oxygens (including phenoxy) is 3. The first kappa shape index (κ1) is 30.2. The van der Waals surface area contributed by atoms with Gasteiger partial charge in [-0.3, -0.25) is 9.59 Å². The van der Waals surface area contributed by atoms with Crippen LogP contribution in [0.4, 0.5) is 4.79 Å². The number of benzene rings is 1. The van der Waals surface area contributed by atoms with Crippen molar-refractivity contribution < 1.29 is 28.6 Å². The van der Waals surface area contributed by atoms with Crippen molar-refractivity contribution in [2.24, 2.45) is 5.92 Å². The number of nitrogens with one attached hydrogen (secondary N) is 3. The smallest absolute Gasteiger partial charge is 0.408 e. The van der Waals surface area contributed by atoms with Crippen LogP contribution >= 0.6 is 11.8 Å². The number of hydrogen-bond acceptors (Lipinski definition) is 7. The molecule has 0 saturated carbocycles. The first-order valence-corrected chi connectivity index (χ1v) is 14.7. The average Bonchev–Trinajstić information content (AvgIpc) is 2.88. The number of alkyl carbamates (subject to hydrolysis) is 1. The van der Waals surface area contributed by atoms with Gasteiger partial charge in [0.2, 0.25) is 11.8 Å². The Morgan fingerprint density at radius 3 is 2.42 bits per heavy atom. The second kappa shape index (κ2) is 13.7. The highest BCUT2D eigenvalue weighted by atomic mass is 32.2. The van der Waals surface area contributed by atoms with Gasteiger partial charge in [-0.15, -0.1) is 0 Å². The zero-order valence-corrected chi connectivity index (χ0v) is 24.0. The van der Waals surface area contributed by atoms with Gasteiger partial charge in [-0.2, -0.15) is 11.8 Å². The fourth-order valence-corrected chi connectivity index (χ4v) is 5.70. The van der Waals surface area contributed by atoms with E-state index in [0.29, 0.717) is 38.2 Å². The van der Waals surface area contributed by atoms with E-state index in [0.717, 1.165) is 17.7 Å². The Balaban J connectivity index is 1.78. The quantitative estimate of drug-likeness (QED) is 0.432. The van der Waals surface area contributed by atoms with Gasteiger partial charge in [0.25, 0.3) is 0 Å². The van der Waals surface area contributed by atoms with E-state index >= 15 is 0 Å². The van der Waals surface area contributed by atoms with Crippen LogP contribution in [0.15, 0.2) is 30.3 Å². The van der Waals surface area contributed by atoms with E-state index in [1.54, 1.807) is 32.5 Å². The summed E-state index contributed by atoms with van der Waals surface area (Å²) in [7, 11) is 0. The van der Waals surface area contributed by atoms with Gasteiger partial charge >= 0.3 is 6.09 Å². The number of hydrogen-bond donors (Lipinski definition) is 3. The monoisotopic (exact) mass is 549 g/mol. The van der Waals surface area contributed by atoms with E-state index in [1.807, 2.05) is 44.2 Å². The summed E-state index contributed by atoms with van der Waals surface area (Å²) in [6.45, 7) is 10.3. The van der Waals surface area contributed by atoms with Gasteiger partial charge in [-0.25, -0.2) is 4.79 Å². The van der Waals surface area contributed by atoms with Crippen molar-refractivity contribution in [3.8, 4) is 0 Å². The molecular weight excluding hydrogens is 506 g/mol. The molecule has 2 aliphatic rings. The average molecular weight is 550 g/mol. The highest BCUT2D eigenvalue weighted by molar-refractivity contribution is 7.99. The molecule has 1 spiro atoms. The lowest BCUT2D eigenvalue weighted by molar-refractivity contribution is -0.280. The zero-order valence-electron chi connectivity index (χ0n) is 23.2. The molecule has 2 saturated heterocycles. The molecule has 0 aromatic heterocycles. The highest BCUT2D eigenvalue weighted by Gasteiger charge is 2.46. The minimum Gasteiger partial charge on any atom is -0.444 e. The molecule has 3 amide bonds. The first-order valence-electron chi connectivity index (χ1n) is 13.5. The molecule has 2 aliphatic heterocycles. The Morgan fingerprint density at radius 2 is 1.79 bits per heavy atom. The second-order valence-electron chi connectivity index (χ2n) is 11.0. The van der Waals surface area contributed by atoms with Gasteiger partial charge < -0.3 is 30.2 Å². The minimum absolute atomic E-state index is 0.176. The normalized spacial score (nSPS) is 21.6. The van der Waals surface area contributed by atoms with E-state index in [2.05, 4.69) is 16.0 Å². The van der Waals surface area contributed by atoms with Crippen LogP contribution < -0.4 is 16.0 Å². The van der Waals surface area contributed by atoms with Crippen molar-refractivity contribution in [2.45, 2.75) is 89.8 Å². The summed E-state index contributed by atoms with van der Waals surface area (Å²) in [4.78, 5) is 39.7. The molecule has 0 unspecified atom stereocenters. The van der Waals surface area contributed by atoms with E-state index in [9.17, 15) is 14.4 Å². The van der Waals surface area contributed by atoms with E-state index < -0.39 is 35.5 Å². The summed E-state index contributed by atoms with van der Waals surface area (Å²) < 4.78 is 17.5. The summed E-state index contributed by atoms with van der Waals surface area (Å²) in [6.07, 6.45) is 1.79. The number of carbonyl (C=O) groups excluding carboxylic acids is 3. The largest absolute Gasteiger partial charge is 0.444 e. The van der Waals surface area contributed by atoms with Gasteiger partial charge in [-0.1, -0.05) is 50.6 Å². The molecule has 0 radical (unpaired) electrons. The van der Waals surface area contributed by atoms with Crippen LogP contribution in [-0.2, 0) is 30.2 Å². The van der Waals surface area contributed by atoms with Crippen molar-refractivity contribution in [2.75, 3.05) is 24.7 Å². The van der Waals surface area contributed by atoms with Crippen LogP contribution in [0.3, 0.4) is 0 Å². The second-order valence-corrected chi connectivity index (χ2v) is 12.2. The Morgan fingerprint density at radius 1 is 1.11 bits per heavy atom. The Hall–Kier alpha value is -2.30. The predicted molar refractivity (Wildman–Crippen MR) is 148 cm³/mol. The van der Waals surface area contributed by atoms with Crippen LogP contribution in [0.1, 0.15) is 59.4 Å². The zero-order chi connectivity index (χ0) is 27.8. The molecule has 1 aromatic rings. The van der Waals surface area contributed by atoms with Crippen molar-refractivity contribution in [1.29, 1.82) is 0 Å². The molecule has 212 valence electrons. The van der Waals surface area contributed by atoms with Crippen LogP contribution in [0.2, 0.25) is 0 Å². The molecule has 2 fully saturated rings. The van der Waals surface area contributed by atoms with Crippen molar-refractivity contribution in [3.05, 3.63) is 35.9 Å². The van der Waals surface area contributed by atoms with Crippen LogP contribution in [0.25, 0.3) is 0 Å². The van der Waals surface area contributed by atoms with Crippen molar-refractivity contribution >= 4 is 29.7 Å². The summed E-state index contributed by atoms with van der Waals surface area (Å²) in [5, 5.41) is 8.75. The van der Waals surface area contributed by atoms with Gasteiger partial charge in [0.05, 0.1) is 19.3 Å². The summed E-state index contributed by atoms with van der Waals surface area (Å²) in [5.41, 5.74) is 0.207. The minimum atomic E-state index is -0.859. The van der Waals surface area contributed by atoms with E-state index in [1.165, 1.54) is 0 Å². The molecule has 38 heavy (non-hydrogen) atoms. The van der Waals surface area contributed by atoms with Gasteiger partial charge in [0, 0.05) is 18.6 Å². The molecular formula is C28H43N3O6S. The maximum atomic E-state index is 13.7. The fourth-order valence-electron chi connectivity index (χ4n) is 4.53. The van der Waals surface area contributed by atoms with Gasteiger partial charge in [0.15, 0.2) is 5.79 Å². The molecule has 2 heterocycles. The Kier molecular flexibility index (Phi) is 10.9. The molecule has 3 N–H and O–H groups in total. The standard InChI is InChI=1S/C28H43N3O6S/c1-6-19(2)23(31-26(34)37-27(3,4)5)25(33)29-21(17-20-11-8-7-9-12-20)24(32)30-22-18-38-16-13-28(22)35-14-10-15-36-28/h7-9,11-12,19,21-23H,6,10,13-18H2,1-5H3,(H,29,33)(H,30,32)(H,31,34)/t19-,21+,22-,23-/m1/s1. The third-order valence-electron chi connectivity index (χ3n) is 6.79. The third-order valence-corrected chi connectivity index (χ3v) is 7.85. The molecule has 0 bridgehead atoms. The molecule has 1 aromatic carbocycles. The van der Waals surface area contributed by atoms with E-state index in [-0.39, 0.29) is 17.9 Å². The van der Waals surface area contributed by atoms with E-state index in [4.69, 9.17) is 14.2 Å². The lowest BCUT2D eigenvalue weighted by Gasteiger charge is -2.45. The molecule has 0 aliphatic carbocycles. The summed E-state index contributed by atoms with van der Waals surface area (Å²) >= 11 is 1.74.